The van der Waals surface area contributed by atoms with E-state index in [0.29, 0.717) is 23.1 Å². The standard InChI is InChI=1S/C21H18N2O4/c1-12-3-2-4-13(9-12)19(25)14-5-6-16-15(10-14)11-23(21(16)27)17-7-8-18(24)22-20(17)26/h2-6,9-10,17H,7-8,11H2,1H3,(H,22,24,26). The molecule has 2 aromatic rings. The Hall–Kier alpha value is -3.28. The summed E-state index contributed by atoms with van der Waals surface area (Å²) in [5.74, 6) is -1.10. The second-order valence-corrected chi connectivity index (χ2v) is 6.97. The first-order chi connectivity index (χ1) is 12.9. The number of benzene rings is 2. The van der Waals surface area contributed by atoms with Crippen LogP contribution >= 0.6 is 0 Å². The number of carbonyl (C=O) groups excluding carboxylic acids is 4. The number of nitrogens with one attached hydrogen (secondary N) is 1. The topological polar surface area (TPSA) is 83.6 Å². The van der Waals surface area contributed by atoms with Crippen molar-refractivity contribution in [3.05, 3.63) is 70.3 Å². The van der Waals surface area contributed by atoms with Gasteiger partial charge in [-0.15, -0.1) is 0 Å². The first kappa shape index (κ1) is 17.1. The molecule has 2 heterocycles. The Morgan fingerprint density at radius 1 is 1.07 bits per heavy atom. The Labute approximate surface area is 156 Å². The van der Waals surface area contributed by atoms with E-state index in [2.05, 4.69) is 5.32 Å². The lowest BCUT2D eigenvalue weighted by Gasteiger charge is -2.29. The minimum atomic E-state index is -0.654. The van der Waals surface area contributed by atoms with Gasteiger partial charge in [0.05, 0.1) is 0 Å². The Morgan fingerprint density at radius 2 is 1.85 bits per heavy atom. The van der Waals surface area contributed by atoms with Gasteiger partial charge in [0.1, 0.15) is 6.04 Å². The number of imide groups is 1. The number of hydrogen-bond donors (Lipinski definition) is 1. The van der Waals surface area contributed by atoms with Crippen molar-refractivity contribution in [2.24, 2.45) is 0 Å². The number of piperidine rings is 1. The summed E-state index contributed by atoms with van der Waals surface area (Å²) in [6.45, 7) is 2.19. The number of amides is 3. The van der Waals surface area contributed by atoms with Gasteiger partial charge in [-0.05, 0) is 37.1 Å². The monoisotopic (exact) mass is 362 g/mol. The van der Waals surface area contributed by atoms with E-state index in [1.165, 1.54) is 4.90 Å². The summed E-state index contributed by atoms with van der Waals surface area (Å²) >= 11 is 0. The first-order valence-corrected chi connectivity index (χ1v) is 8.83. The van der Waals surface area contributed by atoms with Crippen molar-refractivity contribution < 1.29 is 19.2 Å². The van der Waals surface area contributed by atoms with Gasteiger partial charge in [0.15, 0.2) is 5.78 Å². The number of rotatable bonds is 3. The SMILES string of the molecule is Cc1cccc(C(=O)c2ccc3c(c2)CN(C2CCC(=O)NC2=O)C3=O)c1. The average Bonchev–Trinajstić information content (AvgIpc) is 2.97. The van der Waals surface area contributed by atoms with Crippen LogP contribution in [0.1, 0.15) is 50.2 Å². The van der Waals surface area contributed by atoms with E-state index < -0.39 is 11.9 Å². The van der Waals surface area contributed by atoms with Crippen molar-refractivity contribution >= 4 is 23.5 Å². The van der Waals surface area contributed by atoms with Crippen LogP contribution in [0.3, 0.4) is 0 Å². The zero-order valence-corrected chi connectivity index (χ0v) is 14.8. The Kier molecular flexibility index (Phi) is 4.11. The third kappa shape index (κ3) is 3.03. The van der Waals surface area contributed by atoms with Crippen LogP contribution < -0.4 is 5.32 Å². The molecule has 2 aromatic carbocycles. The maximum Gasteiger partial charge on any atom is 0.255 e. The normalized spacial score (nSPS) is 19.1. The zero-order valence-electron chi connectivity index (χ0n) is 14.8. The Morgan fingerprint density at radius 3 is 2.59 bits per heavy atom. The summed E-state index contributed by atoms with van der Waals surface area (Å²) in [4.78, 5) is 50.4. The molecule has 0 bridgehead atoms. The van der Waals surface area contributed by atoms with E-state index in [-0.39, 0.29) is 30.6 Å². The van der Waals surface area contributed by atoms with Crippen molar-refractivity contribution in [3.8, 4) is 0 Å². The van der Waals surface area contributed by atoms with Crippen molar-refractivity contribution in [1.82, 2.24) is 10.2 Å². The van der Waals surface area contributed by atoms with Crippen LogP contribution in [-0.4, -0.2) is 34.4 Å². The van der Waals surface area contributed by atoms with Gasteiger partial charge in [0.25, 0.3) is 5.91 Å². The Bertz CT molecular complexity index is 995. The molecule has 6 heteroatoms. The van der Waals surface area contributed by atoms with Gasteiger partial charge in [-0.25, -0.2) is 0 Å². The second kappa shape index (κ2) is 6.46. The quantitative estimate of drug-likeness (QED) is 0.669. The van der Waals surface area contributed by atoms with E-state index in [4.69, 9.17) is 0 Å². The van der Waals surface area contributed by atoms with Crippen LogP contribution in [0, 0.1) is 6.92 Å². The fraction of sp³-hybridized carbons (Fsp3) is 0.238. The highest BCUT2D eigenvalue weighted by atomic mass is 16.2. The zero-order chi connectivity index (χ0) is 19.1. The number of hydrogen-bond acceptors (Lipinski definition) is 4. The van der Waals surface area contributed by atoms with Gasteiger partial charge < -0.3 is 4.90 Å². The van der Waals surface area contributed by atoms with E-state index in [0.717, 1.165) is 11.1 Å². The molecule has 4 rings (SSSR count). The molecule has 3 amide bonds. The molecule has 27 heavy (non-hydrogen) atoms. The molecule has 0 spiro atoms. The van der Waals surface area contributed by atoms with Crippen LogP contribution in [0.25, 0.3) is 0 Å². The number of ketones is 1. The Balaban J connectivity index is 1.60. The average molecular weight is 362 g/mol. The van der Waals surface area contributed by atoms with Crippen LogP contribution in [-0.2, 0) is 16.1 Å². The predicted octanol–water partition coefficient (Wildman–Crippen LogP) is 1.99. The molecule has 0 aromatic heterocycles. The van der Waals surface area contributed by atoms with Crippen LogP contribution in [0.2, 0.25) is 0 Å². The second-order valence-electron chi connectivity index (χ2n) is 6.97. The summed E-state index contributed by atoms with van der Waals surface area (Å²) < 4.78 is 0. The highest BCUT2D eigenvalue weighted by Crippen LogP contribution is 2.28. The summed E-state index contributed by atoms with van der Waals surface area (Å²) in [5, 5.41) is 2.28. The third-order valence-corrected chi connectivity index (χ3v) is 5.07. The molecular weight excluding hydrogens is 344 g/mol. The molecule has 6 nitrogen and oxygen atoms in total. The van der Waals surface area contributed by atoms with Crippen molar-refractivity contribution in [2.75, 3.05) is 0 Å². The lowest BCUT2D eigenvalue weighted by molar-refractivity contribution is -0.136. The third-order valence-electron chi connectivity index (χ3n) is 5.07. The van der Waals surface area contributed by atoms with Gasteiger partial charge in [0.2, 0.25) is 11.8 Å². The first-order valence-electron chi connectivity index (χ1n) is 8.83. The summed E-state index contributed by atoms with van der Waals surface area (Å²) in [7, 11) is 0. The van der Waals surface area contributed by atoms with Gasteiger partial charge in [-0.1, -0.05) is 29.8 Å². The van der Waals surface area contributed by atoms with Crippen molar-refractivity contribution in [1.29, 1.82) is 0 Å². The van der Waals surface area contributed by atoms with Gasteiger partial charge in [-0.3, -0.25) is 24.5 Å². The molecule has 136 valence electrons. The van der Waals surface area contributed by atoms with Gasteiger partial charge in [0, 0.05) is 29.7 Å². The van der Waals surface area contributed by atoms with E-state index in [1.54, 1.807) is 24.3 Å². The molecule has 2 aliphatic rings. The number of aryl methyl sites for hydroxylation is 1. The largest absolute Gasteiger partial charge is 0.322 e. The molecule has 0 radical (unpaired) electrons. The molecule has 0 saturated carbocycles. The molecule has 1 unspecified atom stereocenters. The minimum Gasteiger partial charge on any atom is -0.322 e. The van der Waals surface area contributed by atoms with Gasteiger partial charge >= 0.3 is 0 Å². The smallest absolute Gasteiger partial charge is 0.255 e. The van der Waals surface area contributed by atoms with Crippen LogP contribution in [0.4, 0.5) is 0 Å². The molecule has 1 saturated heterocycles. The van der Waals surface area contributed by atoms with Crippen molar-refractivity contribution in [3.63, 3.8) is 0 Å². The minimum absolute atomic E-state index is 0.103. The lowest BCUT2D eigenvalue weighted by Crippen LogP contribution is -2.52. The highest BCUT2D eigenvalue weighted by Gasteiger charge is 2.39. The molecule has 1 N–H and O–H groups in total. The molecular formula is C21H18N2O4. The molecule has 1 atom stereocenters. The molecule has 2 aliphatic heterocycles. The van der Waals surface area contributed by atoms with E-state index in [1.807, 2.05) is 25.1 Å². The van der Waals surface area contributed by atoms with E-state index >= 15 is 0 Å². The number of carbonyl (C=O) groups is 4. The number of fused-ring (bicyclic) bond motifs is 1. The fourth-order valence-electron chi connectivity index (χ4n) is 3.67. The predicted molar refractivity (Wildman–Crippen MR) is 97.1 cm³/mol. The molecule has 0 aliphatic carbocycles. The van der Waals surface area contributed by atoms with E-state index in [9.17, 15) is 19.2 Å². The number of nitrogens with zero attached hydrogens (tertiary/aromatic N) is 1. The van der Waals surface area contributed by atoms with Crippen LogP contribution in [0.15, 0.2) is 42.5 Å². The lowest BCUT2D eigenvalue weighted by atomic mass is 9.98. The molecule has 1 fully saturated rings. The maximum absolute atomic E-state index is 12.8. The summed E-state index contributed by atoms with van der Waals surface area (Å²) in [6.07, 6.45) is 0.535. The van der Waals surface area contributed by atoms with Gasteiger partial charge in [-0.2, -0.15) is 0 Å². The maximum atomic E-state index is 12.8. The highest BCUT2D eigenvalue weighted by molar-refractivity contribution is 6.10. The van der Waals surface area contributed by atoms with Crippen molar-refractivity contribution in [2.45, 2.75) is 32.4 Å². The summed E-state index contributed by atoms with van der Waals surface area (Å²) in [5.41, 5.74) is 3.34. The van der Waals surface area contributed by atoms with Crippen LogP contribution in [0.5, 0.6) is 0 Å². The summed E-state index contributed by atoms with van der Waals surface area (Å²) in [6, 6.07) is 11.7. The fourth-order valence-corrected chi connectivity index (χ4v) is 3.67.